The van der Waals surface area contributed by atoms with Crippen LogP contribution in [0.15, 0.2) is 6.08 Å². The van der Waals surface area contributed by atoms with E-state index in [1.54, 1.807) is 6.08 Å². The van der Waals surface area contributed by atoms with Crippen LogP contribution in [-0.2, 0) is 4.79 Å². The molecule has 0 N–H and O–H groups in total. The van der Waals surface area contributed by atoms with Crippen LogP contribution in [0.2, 0.25) is 0 Å². The third-order valence-corrected chi connectivity index (χ3v) is 1.88. The average Bonchev–Trinajstić information content (AvgIpc) is 1.80. The summed E-state index contributed by atoms with van der Waals surface area (Å²) in [6.07, 6.45) is 5.28. The summed E-state index contributed by atoms with van der Waals surface area (Å²) in [5.41, 5.74) is 0. The first kappa shape index (κ1) is 6.53. The third kappa shape index (κ3) is 1.41. The van der Waals surface area contributed by atoms with Gasteiger partial charge in [-0.2, -0.15) is 0 Å². The summed E-state index contributed by atoms with van der Waals surface area (Å²) in [6.45, 7) is 4.18. The number of carbonyl (C=O) groups excluding carboxylic acids is 1. The average molecular weight is 123 g/mol. The van der Waals surface area contributed by atoms with Crippen LogP contribution in [0.3, 0.4) is 0 Å². The molecule has 0 saturated heterocycles. The molecule has 0 amide bonds. The van der Waals surface area contributed by atoms with E-state index in [2.05, 4.69) is 19.9 Å². The molecule has 0 spiro atoms. The van der Waals surface area contributed by atoms with E-state index < -0.39 is 0 Å². The minimum Gasteiger partial charge on any atom is -0.295 e. The Morgan fingerprint density at radius 1 is 1.67 bits per heavy atom. The molecule has 0 aromatic heterocycles. The standard InChI is InChI=1S/C8H11O/c1-6-3-4-8(9)5-7(6)2/h4,6-7H,5H2,1-2H3. The quantitative estimate of drug-likeness (QED) is 0.478. The highest BCUT2D eigenvalue weighted by Gasteiger charge is 2.16. The van der Waals surface area contributed by atoms with Gasteiger partial charge in [0.25, 0.3) is 0 Å². The molecule has 0 bridgehead atoms. The molecule has 0 aromatic carbocycles. The molecule has 1 radical (unpaired) electrons. The second-order valence-electron chi connectivity index (χ2n) is 2.75. The Bertz CT molecular complexity index is 147. The van der Waals surface area contributed by atoms with E-state index in [0.29, 0.717) is 18.3 Å². The summed E-state index contributed by atoms with van der Waals surface area (Å²) in [6, 6.07) is 0. The van der Waals surface area contributed by atoms with Crippen molar-refractivity contribution in [2.45, 2.75) is 20.3 Å². The van der Waals surface area contributed by atoms with Crippen LogP contribution in [0, 0.1) is 17.9 Å². The third-order valence-electron chi connectivity index (χ3n) is 1.88. The van der Waals surface area contributed by atoms with Gasteiger partial charge in [-0.25, -0.2) is 0 Å². The summed E-state index contributed by atoms with van der Waals surface area (Å²) >= 11 is 0. The highest BCUT2D eigenvalue weighted by atomic mass is 16.1. The lowest BCUT2D eigenvalue weighted by molar-refractivity contribution is -0.116. The zero-order chi connectivity index (χ0) is 6.85. The normalized spacial score (nSPS) is 35.1. The van der Waals surface area contributed by atoms with Crippen LogP contribution in [-0.4, -0.2) is 5.78 Å². The first-order chi connectivity index (χ1) is 4.20. The van der Waals surface area contributed by atoms with E-state index in [9.17, 15) is 4.79 Å². The van der Waals surface area contributed by atoms with Crippen LogP contribution in [0.25, 0.3) is 0 Å². The van der Waals surface area contributed by atoms with Gasteiger partial charge in [0.15, 0.2) is 5.78 Å². The highest BCUT2D eigenvalue weighted by molar-refractivity contribution is 5.90. The van der Waals surface area contributed by atoms with Crippen LogP contribution >= 0.6 is 0 Å². The van der Waals surface area contributed by atoms with Gasteiger partial charge in [-0.05, 0) is 24.0 Å². The maximum absolute atomic E-state index is 10.7. The molecule has 0 fully saturated rings. The fourth-order valence-electron chi connectivity index (χ4n) is 0.942. The maximum atomic E-state index is 10.7. The monoisotopic (exact) mass is 123 g/mol. The Balaban J connectivity index is 2.65. The Morgan fingerprint density at radius 3 is 2.78 bits per heavy atom. The lowest BCUT2D eigenvalue weighted by Gasteiger charge is -2.17. The zero-order valence-corrected chi connectivity index (χ0v) is 5.85. The fraction of sp³-hybridized carbons (Fsp3) is 0.625. The Morgan fingerprint density at radius 2 is 2.33 bits per heavy atom. The molecular formula is C8H11O. The van der Waals surface area contributed by atoms with Crippen molar-refractivity contribution in [2.24, 2.45) is 11.8 Å². The Kier molecular flexibility index (Phi) is 1.70. The van der Waals surface area contributed by atoms with Crippen LogP contribution in [0.1, 0.15) is 20.3 Å². The van der Waals surface area contributed by atoms with Crippen LogP contribution in [0.5, 0.6) is 0 Å². The van der Waals surface area contributed by atoms with Gasteiger partial charge in [-0.1, -0.05) is 13.8 Å². The fourth-order valence-corrected chi connectivity index (χ4v) is 0.942. The predicted molar refractivity (Wildman–Crippen MR) is 35.8 cm³/mol. The van der Waals surface area contributed by atoms with Gasteiger partial charge >= 0.3 is 0 Å². The summed E-state index contributed by atoms with van der Waals surface area (Å²) in [5.74, 6) is 1.17. The van der Waals surface area contributed by atoms with E-state index in [4.69, 9.17) is 0 Å². The zero-order valence-electron chi connectivity index (χ0n) is 5.85. The first-order valence-corrected chi connectivity index (χ1v) is 3.32. The molecule has 1 aliphatic carbocycles. The molecule has 2 atom stereocenters. The van der Waals surface area contributed by atoms with E-state index in [-0.39, 0.29) is 5.78 Å². The van der Waals surface area contributed by atoms with Crippen molar-refractivity contribution >= 4 is 5.78 Å². The van der Waals surface area contributed by atoms with E-state index in [0.717, 1.165) is 0 Å². The molecular weight excluding hydrogens is 112 g/mol. The summed E-state index contributed by atoms with van der Waals surface area (Å²) in [7, 11) is 0. The molecule has 0 heterocycles. The van der Waals surface area contributed by atoms with Crippen molar-refractivity contribution in [3.05, 3.63) is 12.2 Å². The molecule has 0 aromatic rings. The molecule has 1 rings (SSSR count). The molecule has 0 aliphatic heterocycles. The predicted octanol–water partition coefficient (Wildman–Crippen LogP) is 1.59. The van der Waals surface area contributed by atoms with Crippen molar-refractivity contribution in [2.75, 3.05) is 0 Å². The first-order valence-electron chi connectivity index (χ1n) is 3.32. The topological polar surface area (TPSA) is 17.1 Å². The number of hydrogen-bond donors (Lipinski definition) is 0. The Hall–Kier alpha value is -0.590. The van der Waals surface area contributed by atoms with Crippen LogP contribution < -0.4 is 0 Å². The number of ketones is 1. The second-order valence-corrected chi connectivity index (χ2v) is 2.75. The van der Waals surface area contributed by atoms with Crippen molar-refractivity contribution in [3.63, 3.8) is 0 Å². The van der Waals surface area contributed by atoms with E-state index in [1.165, 1.54) is 0 Å². The van der Waals surface area contributed by atoms with Crippen molar-refractivity contribution in [1.82, 2.24) is 0 Å². The molecule has 2 unspecified atom stereocenters. The van der Waals surface area contributed by atoms with Gasteiger partial charge in [0.05, 0.1) is 0 Å². The number of carbonyl (C=O) groups is 1. The summed E-state index contributed by atoms with van der Waals surface area (Å²) < 4.78 is 0. The van der Waals surface area contributed by atoms with Crippen molar-refractivity contribution in [1.29, 1.82) is 0 Å². The molecule has 0 saturated carbocycles. The van der Waals surface area contributed by atoms with E-state index >= 15 is 0 Å². The maximum Gasteiger partial charge on any atom is 0.156 e. The molecule has 1 aliphatic rings. The van der Waals surface area contributed by atoms with Gasteiger partial charge in [0.1, 0.15) is 0 Å². The van der Waals surface area contributed by atoms with Crippen LogP contribution in [0.4, 0.5) is 0 Å². The highest BCUT2D eigenvalue weighted by Crippen LogP contribution is 2.20. The summed E-state index contributed by atoms with van der Waals surface area (Å²) in [5, 5.41) is 0. The lowest BCUT2D eigenvalue weighted by Crippen LogP contribution is -2.15. The van der Waals surface area contributed by atoms with Crippen molar-refractivity contribution < 1.29 is 4.79 Å². The molecule has 1 heteroatoms. The van der Waals surface area contributed by atoms with Gasteiger partial charge < -0.3 is 0 Å². The van der Waals surface area contributed by atoms with Gasteiger partial charge in [0, 0.05) is 6.42 Å². The second kappa shape index (κ2) is 2.34. The number of allylic oxidation sites excluding steroid dienone is 2. The smallest absolute Gasteiger partial charge is 0.156 e. The number of hydrogen-bond acceptors (Lipinski definition) is 1. The minimum absolute atomic E-state index is 0.223. The van der Waals surface area contributed by atoms with Gasteiger partial charge in [0.2, 0.25) is 0 Å². The largest absolute Gasteiger partial charge is 0.295 e. The number of rotatable bonds is 0. The molecule has 9 heavy (non-hydrogen) atoms. The minimum atomic E-state index is 0.223. The van der Waals surface area contributed by atoms with Gasteiger partial charge in [-0.3, -0.25) is 4.79 Å². The van der Waals surface area contributed by atoms with E-state index in [1.807, 2.05) is 0 Å². The Labute approximate surface area is 55.8 Å². The summed E-state index contributed by atoms with van der Waals surface area (Å²) in [4.78, 5) is 10.7. The molecule has 1 nitrogen and oxygen atoms in total. The lowest BCUT2D eigenvalue weighted by atomic mass is 9.86. The SMILES string of the molecule is CC1[C]=CC(=O)CC1C. The molecule has 49 valence electrons. The van der Waals surface area contributed by atoms with Gasteiger partial charge in [-0.15, -0.1) is 0 Å². The van der Waals surface area contributed by atoms with Crippen molar-refractivity contribution in [3.8, 4) is 0 Å².